The third kappa shape index (κ3) is 2.63. The quantitative estimate of drug-likeness (QED) is 0.848. The Labute approximate surface area is 99.3 Å². The van der Waals surface area contributed by atoms with E-state index in [0.29, 0.717) is 6.42 Å². The van der Waals surface area contributed by atoms with Crippen molar-refractivity contribution in [2.24, 2.45) is 0 Å². The summed E-state index contributed by atoms with van der Waals surface area (Å²) in [5.41, 5.74) is 0.908. The topological polar surface area (TPSA) is 57.5 Å². The van der Waals surface area contributed by atoms with Crippen molar-refractivity contribution >= 4 is 16.6 Å². The number of phenols is 1. The Balaban J connectivity index is 2.32. The van der Waals surface area contributed by atoms with Gasteiger partial charge in [-0.1, -0.05) is 24.3 Å². The van der Waals surface area contributed by atoms with Crippen molar-refractivity contribution in [2.45, 2.75) is 19.4 Å². The molecule has 0 spiro atoms. The zero-order valence-electron chi connectivity index (χ0n) is 9.55. The van der Waals surface area contributed by atoms with Crippen molar-refractivity contribution in [3.8, 4) is 5.75 Å². The van der Waals surface area contributed by atoms with E-state index in [9.17, 15) is 15.0 Å². The number of fused-ring (bicyclic) bond motifs is 1. The molecule has 0 radical (unpaired) electrons. The van der Waals surface area contributed by atoms with E-state index in [1.807, 2.05) is 24.3 Å². The Morgan fingerprint density at radius 2 is 1.82 bits per heavy atom. The van der Waals surface area contributed by atoms with Crippen LogP contribution in [0.25, 0.3) is 10.8 Å². The van der Waals surface area contributed by atoms with E-state index in [1.54, 1.807) is 12.1 Å². The minimum absolute atomic E-state index is 0.226. The van der Waals surface area contributed by atoms with Gasteiger partial charge in [-0.25, -0.2) is 0 Å². The molecule has 0 bridgehead atoms. The molecule has 3 heteroatoms. The summed E-state index contributed by atoms with van der Waals surface area (Å²) < 4.78 is 0. The molecule has 17 heavy (non-hydrogen) atoms. The normalized spacial score (nSPS) is 12.6. The molecule has 3 nitrogen and oxygen atoms in total. The second-order valence-electron chi connectivity index (χ2n) is 4.20. The molecule has 2 rings (SSSR count). The number of ketones is 1. The molecule has 0 heterocycles. The zero-order chi connectivity index (χ0) is 12.4. The van der Waals surface area contributed by atoms with Crippen LogP contribution in [0.5, 0.6) is 5.75 Å². The fourth-order valence-electron chi connectivity index (χ4n) is 1.78. The van der Waals surface area contributed by atoms with E-state index in [1.165, 1.54) is 6.92 Å². The summed E-state index contributed by atoms with van der Waals surface area (Å²) in [5.74, 6) is 0.00447. The first-order chi connectivity index (χ1) is 8.06. The van der Waals surface area contributed by atoms with Gasteiger partial charge in [0, 0.05) is 6.42 Å². The summed E-state index contributed by atoms with van der Waals surface area (Å²) in [5, 5.41) is 20.8. The molecular formula is C14H14O3. The van der Waals surface area contributed by atoms with Crippen LogP contribution in [0.3, 0.4) is 0 Å². The van der Waals surface area contributed by atoms with Crippen LogP contribution in [-0.4, -0.2) is 22.1 Å². The first kappa shape index (κ1) is 11.6. The van der Waals surface area contributed by atoms with Crippen molar-refractivity contribution in [3.63, 3.8) is 0 Å². The van der Waals surface area contributed by atoms with Crippen LogP contribution in [0.4, 0.5) is 0 Å². The van der Waals surface area contributed by atoms with Crippen LogP contribution in [0.15, 0.2) is 36.4 Å². The summed E-state index contributed by atoms with van der Waals surface area (Å²) in [6, 6.07) is 10.8. The Bertz CT molecular complexity index is 560. The third-order valence-electron chi connectivity index (χ3n) is 2.79. The summed E-state index contributed by atoms with van der Waals surface area (Å²) in [7, 11) is 0. The molecule has 88 valence electrons. The third-order valence-corrected chi connectivity index (χ3v) is 2.79. The first-order valence-corrected chi connectivity index (χ1v) is 5.46. The van der Waals surface area contributed by atoms with Crippen LogP contribution < -0.4 is 0 Å². The fourth-order valence-corrected chi connectivity index (χ4v) is 1.78. The highest BCUT2D eigenvalue weighted by Gasteiger charge is 2.10. The smallest absolute Gasteiger partial charge is 0.158 e. The predicted molar refractivity (Wildman–Crippen MR) is 66.0 cm³/mol. The minimum Gasteiger partial charge on any atom is -0.508 e. The largest absolute Gasteiger partial charge is 0.508 e. The highest BCUT2D eigenvalue weighted by atomic mass is 16.3. The van der Waals surface area contributed by atoms with Gasteiger partial charge in [-0.3, -0.25) is 4.79 Å². The summed E-state index contributed by atoms with van der Waals surface area (Å²) in [6.07, 6.45) is -0.615. The van der Waals surface area contributed by atoms with Gasteiger partial charge in [-0.05, 0) is 35.4 Å². The van der Waals surface area contributed by atoms with E-state index in [-0.39, 0.29) is 11.5 Å². The van der Waals surface area contributed by atoms with Crippen LogP contribution >= 0.6 is 0 Å². The SMILES string of the molecule is CC(=O)C(O)Cc1ccc2cc(O)ccc2c1. The predicted octanol–water partition coefficient (Wildman–Crippen LogP) is 2.04. The molecule has 2 N–H and O–H groups in total. The van der Waals surface area contributed by atoms with Gasteiger partial charge in [0.05, 0.1) is 0 Å². The minimum atomic E-state index is -0.940. The molecule has 2 aromatic carbocycles. The van der Waals surface area contributed by atoms with Gasteiger partial charge in [0.25, 0.3) is 0 Å². The number of hydrogen-bond acceptors (Lipinski definition) is 3. The number of aromatic hydroxyl groups is 1. The Morgan fingerprint density at radius 1 is 1.18 bits per heavy atom. The van der Waals surface area contributed by atoms with Gasteiger partial charge in [0.2, 0.25) is 0 Å². The molecule has 0 saturated heterocycles. The summed E-state index contributed by atoms with van der Waals surface area (Å²) >= 11 is 0. The van der Waals surface area contributed by atoms with E-state index < -0.39 is 6.10 Å². The molecule has 0 aromatic heterocycles. The lowest BCUT2D eigenvalue weighted by molar-refractivity contribution is -0.124. The Morgan fingerprint density at radius 3 is 2.53 bits per heavy atom. The first-order valence-electron chi connectivity index (χ1n) is 5.46. The van der Waals surface area contributed by atoms with Gasteiger partial charge >= 0.3 is 0 Å². The van der Waals surface area contributed by atoms with Gasteiger partial charge in [0.1, 0.15) is 11.9 Å². The highest BCUT2D eigenvalue weighted by molar-refractivity contribution is 5.85. The van der Waals surface area contributed by atoms with Crippen LogP contribution in [-0.2, 0) is 11.2 Å². The number of benzene rings is 2. The van der Waals surface area contributed by atoms with Crippen molar-refractivity contribution < 1.29 is 15.0 Å². The Hall–Kier alpha value is -1.87. The number of hydrogen-bond donors (Lipinski definition) is 2. The molecule has 2 aromatic rings. The molecule has 1 unspecified atom stereocenters. The van der Waals surface area contributed by atoms with Gasteiger partial charge in [-0.2, -0.15) is 0 Å². The second-order valence-corrected chi connectivity index (χ2v) is 4.20. The number of carbonyl (C=O) groups is 1. The van der Waals surface area contributed by atoms with Crippen molar-refractivity contribution in [3.05, 3.63) is 42.0 Å². The molecule has 0 amide bonds. The van der Waals surface area contributed by atoms with Crippen molar-refractivity contribution in [1.29, 1.82) is 0 Å². The molecule has 0 aliphatic carbocycles. The van der Waals surface area contributed by atoms with Crippen molar-refractivity contribution in [1.82, 2.24) is 0 Å². The van der Waals surface area contributed by atoms with Crippen LogP contribution in [0.1, 0.15) is 12.5 Å². The van der Waals surface area contributed by atoms with Gasteiger partial charge in [-0.15, -0.1) is 0 Å². The lowest BCUT2D eigenvalue weighted by Gasteiger charge is -2.08. The van der Waals surface area contributed by atoms with Crippen molar-refractivity contribution in [2.75, 3.05) is 0 Å². The molecule has 0 aliphatic heterocycles. The van der Waals surface area contributed by atoms with Gasteiger partial charge in [0.15, 0.2) is 5.78 Å². The molecule has 0 saturated carbocycles. The maximum atomic E-state index is 11.0. The number of aliphatic hydroxyl groups excluding tert-OH is 1. The maximum absolute atomic E-state index is 11.0. The number of carbonyl (C=O) groups excluding carboxylic acids is 1. The van der Waals surface area contributed by atoms with E-state index in [2.05, 4.69) is 0 Å². The van der Waals surface area contributed by atoms with E-state index in [4.69, 9.17) is 0 Å². The average molecular weight is 230 g/mol. The van der Waals surface area contributed by atoms with Crippen LogP contribution in [0.2, 0.25) is 0 Å². The van der Waals surface area contributed by atoms with Gasteiger partial charge < -0.3 is 10.2 Å². The monoisotopic (exact) mass is 230 g/mol. The molecule has 0 aliphatic rings. The van der Waals surface area contributed by atoms with E-state index in [0.717, 1.165) is 16.3 Å². The number of rotatable bonds is 3. The lowest BCUT2D eigenvalue weighted by atomic mass is 10.0. The summed E-state index contributed by atoms with van der Waals surface area (Å²) in [6.45, 7) is 1.38. The summed E-state index contributed by atoms with van der Waals surface area (Å²) in [4.78, 5) is 11.0. The number of phenolic OH excluding ortho intramolecular Hbond substituents is 1. The average Bonchev–Trinajstić information content (AvgIpc) is 2.29. The highest BCUT2D eigenvalue weighted by Crippen LogP contribution is 2.21. The Kier molecular flexibility index (Phi) is 3.11. The molecule has 0 fully saturated rings. The fraction of sp³-hybridized carbons (Fsp3) is 0.214. The van der Waals surface area contributed by atoms with Crippen LogP contribution in [0, 0.1) is 0 Å². The lowest BCUT2D eigenvalue weighted by Crippen LogP contribution is -2.19. The number of Topliss-reactive ketones (excluding diaryl/α,β-unsaturated/α-hetero) is 1. The zero-order valence-corrected chi connectivity index (χ0v) is 9.55. The number of aliphatic hydroxyl groups is 1. The maximum Gasteiger partial charge on any atom is 0.158 e. The standard InChI is InChI=1S/C14H14O3/c1-9(15)14(17)7-10-2-3-12-8-13(16)5-4-11(12)6-10/h2-6,8,14,16-17H,7H2,1H3. The molecular weight excluding hydrogens is 216 g/mol. The second kappa shape index (κ2) is 4.55. The molecule has 1 atom stereocenters. The van der Waals surface area contributed by atoms with E-state index >= 15 is 0 Å².